The molecule has 38 heavy (non-hydrogen) atoms. The van der Waals surface area contributed by atoms with Crippen LogP contribution < -0.4 is 19.7 Å². The van der Waals surface area contributed by atoms with Crippen molar-refractivity contribution < 1.29 is 27.5 Å². The number of fused-ring (bicyclic) bond motifs is 1. The summed E-state index contributed by atoms with van der Waals surface area (Å²) in [6.45, 7) is 3.58. The Morgan fingerprint density at radius 3 is 2.53 bits per heavy atom. The van der Waals surface area contributed by atoms with E-state index in [1.165, 1.54) is 28.6 Å². The summed E-state index contributed by atoms with van der Waals surface area (Å²) in [5.74, 6) is 0.659. The van der Waals surface area contributed by atoms with Gasteiger partial charge in [0.1, 0.15) is 18.1 Å². The van der Waals surface area contributed by atoms with Gasteiger partial charge < -0.3 is 19.7 Å². The number of carbonyl (C=O) groups excluding carboxylic acids is 2. The lowest BCUT2D eigenvalue weighted by molar-refractivity contribution is -0.121. The van der Waals surface area contributed by atoms with Crippen molar-refractivity contribution in [1.29, 1.82) is 0 Å². The second-order valence-corrected chi connectivity index (χ2v) is 11.2. The van der Waals surface area contributed by atoms with Crippen LogP contribution in [0.1, 0.15) is 28.8 Å². The number of nitrogens with zero attached hydrogens (tertiary/aromatic N) is 2. The van der Waals surface area contributed by atoms with Gasteiger partial charge in [-0.2, -0.15) is 4.31 Å². The molecular weight excluding hydrogens is 506 g/mol. The number of hydrogen-bond acceptors (Lipinski definition) is 6. The fourth-order valence-electron chi connectivity index (χ4n) is 4.55. The van der Waals surface area contributed by atoms with Crippen LogP contribution in [-0.2, 0) is 14.8 Å². The van der Waals surface area contributed by atoms with E-state index in [4.69, 9.17) is 9.47 Å². The fraction of sp³-hybridized carbons (Fsp3) is 0.286. The molecule has 2 aliphatic rings. The van der Waals surface area contributed by atoms with Crippen molar-refractivity contribution in [2.45, 2.75) is 24.7 Å². The summed E-state index contributed by atoms with van der Waals surface area (Å²) in [4.78, 5) is 27.1. The van der Waals surface area contributed by atoms with Gasteiger partial charge in [-0.15, -0.1) is 0 Å². The summed E-state index contributed by atoms with van der Waals surface area (Å²) in [5.41, 5.74) is 2.51. The molecule has 0 bridgehead atoms. The van der Waals surface area contributed by atoms with Crippen molar-refractivity contribution in [3.63, 3.8) is 0 Å². The molecule has 2 heterocycles. The molecule has 0 atom stereocenters. The van der Waals surface area contributed by atoms with Crippen LogP contribution >= 0.6 is 0 Å². The summed E-state index contributed by atoms with van der Waals surface area (Å²) in [6, 6.07) is 18.7. The summed E-state index contributed by atoms with van der Waals surface area (Å²) in [7, 11) is -3.54. The first-order chi connectivity index (χ1) is 18.3. The highest BCUT2D eigenvalue weighted by Gasteiger charge is 2.28. The maximum atomic E-state index is 12.8. The highest BCUT2D eigenvalue weighted by Crippen LogP contribution is 2.34. The molecule has 3 aromatic rings. The molecule has 1 N–H and O–H groups in total. The van der Waals surface area contributed by atoms with Gasteiger partial charge in [0, 0.05) is 30.4 Å². The molecule has 1 saturated heterocycles. The van der Waals surface area contributed by atoms with Crippen molar-refractivity contribution in [3.8, 4) is 11.5 Å². The van der Waals surface area contributed by atoms with E-state index in [9.17, 15) is 18.0 Å². The first kappa shape index (κ1) is 25.7. The van der Waals surface area contributed by atoms with E-state index in [2.05, 4.69) is 5.32 Å². The van der Waals surface area contributed by atoms with Crippen molar-refractivity contribution in [2.24, 2.45) is 0 Å². The summed E-state index contributed by atoms with van der Waals surface area (Å²) < 4.78 is 38.3. The number of sulfonamides is 1. The van der Waals surface area contributed by atoms with Gasteiger partial charge in [0.25, 0.3) is 11.8 Å². The van der Waals surface area contributed by atoms with E-state index >= 15 is 0 Å². The molecule has 0 aliphatic carbocycles. The van der Waals surface area contributed by atoms with E-state index in [0.29, 0.717) is 48.9 Å². The topological polar surface area (TPSA) is 105 Å². The Morgan fingerprint density at radius 2 is 1.79 bits per heavy atom. The molecule has 2 aliphatic heterocycles. The van der Waals surface area contributed by atoms with E-state index in [1.807, 2.05) is 31.2 Å². The van der Waals surface area contributed by atoms with E-state index in [1.54, 1.807) is 23.1 Å². The van der Waals surface area contributed by atoms with Crippen LogP contribution in [0, 0.1) is 6.92 Å². The lowest BCUT2D eigenvalue weighted by Crippen LogP contribution is -2.41. The van der Waals surface area contributed by atoms with E-state index in [0.717, 1.165) is 24.2 Å². The van der Waals surface area contributed by atoms with Crippen LogP contribution in [0.25, 0.3) is 0 Å². The Labute approximate surface area is 222 Å². The van der Waals surface area contributed by atoms with Gasteiger partial charge >= 0.3 is 0 Å². The maximum absolute atomic E-state index is 12.8. The van der Waals surface area contributed by atoms with E-state index < -0.39 is 10.0 Å². The normalized spacial score (nSPS) is 15.6. The number of carbonyl (C=O) groups is 2. The maximum Gasteiger partial charge on any atom is 0.265 e. The largest absolute Gasteiger partial charge is 0.492 e. The predicted molar refractivity (Wildman–Crippen MR) is 143 cm³/mol. The Hall–Kier alpha value is -3.89. The zero-order chi connectivity index (χ0) is 26.7. The predicted octanol–water partition coefficient (Wildman–Crippen LogP) is 3.84. The lowest BCUT2D eigenvalue weighted by atomic mass is 10.2. The number of hydrogen-bond donors (Lipinski definition) is 1. The molecule has 10 heteroatoms. The Balaban J connectivity index is 1.23. The minimum atomic E-state index is -3.54. The van der Waals surface area contributed by atoms with Gasteiger partial charge in [0.2, 0.25) is 10.0 Å². The lowest BCUT2D eigenvalue weighted by Gasteiger charge is -2.29. The van der Waals surface area contributed by atoms with Crippen molar-refractivity contribution >= 4 is 33.2 Å². The zero-order valence-corrected chi connectivity index (χ0v) is 21.9. The highest BCUT2D eigenvalue weighted by molar-refractivity contribution is 7.89. The van der Waals surface area contributed by atoms with Gasteiger partial charge in [0.15, 0.2) is 6.61 Å². The third kappa shape index (κ3) is 5.51. The molecule has 1 fully saturated rings. The summed E-state index contributed by atoms with van der Waals surface area (Å²) in [5, 5.41) is 2.81. The van der Waals surface area contributed by atoms with Gasteiger partial charge in [-0.1, -0.05) is 12.1 Å². The summed E-state index contributed by atoms with van der Waals surface area (Å²) >= 11 is 0. The molecule has 0 radical (unpaired) electrons. The highest BCUT2D eigenvalue weighted by atomic mass is 32.2. The number of rotatable bonds is 8. The standard InChI is InChI=1S/C28H29N3O6S/c1-20-5-4-6-23(17-20)36-16-15-31-25-12-9-22(18-26(25)37-19-27(31)32)29-28(33)21-7-10-24(11-8-21)38(34,35)30-13-2-3-14-30/h4-12,17-18H,2-3,13-16,19H2,1H3,(H,29,33). The van der Waals surface area contributed by atoms with Crippen molar-refractivity contribution in [1.82, 2.24) is 4.31 Å². The van der Waals surface area contributed by atoms with Crippen LogP contribution in [0.5, 0.6) is 11.5 Å². The monoisotopic (exact) mass is 535 g/mol. The number of benzene rings is 3. The Morgan fingerprint density at radius 1 is 1.03 bits per heavy atom. The van der Waals surface area contributed by atoms with Crippen LogP contribution in [0.15, 0.2) is 71.6 Å². The molecule has 0 unspecified atom stereocenters. The molecule has 2 amide bonds. The minimum Gasteiger partial charge on any atom is -0.492 e. The van der Waals surface area contributed by atoms with Gasteiger partial charge in [-0.05, 0) is 73.9 Å². The van der Waals surface area contributed by atoms with E-state index in [-0.39, 0.29) is 23.3 Å². The number of aryl methyl sites for hydroxylation is 1. The number of anilines is 2. The van der Waals surface area contributed by atoms with Gasteiger partial charge in [-0.25, -0.2) is 8.42 Å². The first-order valence-electron chi connectivity index (χ1n) is 12.5. The SMILES string of the molecule is Cc1cccc(OCCN2C(=O)COc3cc(NC(=O)c4ccc(S(=O)(=O)N5CCCC5)cc4)ccc32)c1. The Kier molecular flexibility index (Phi) is 7.35. The molecule has 0 aromatic heterocycles. The number of ether oxygens (including phenoxy) is 2. The Bertz CT molecular complexity index is 1450. The molecular formula is C28H29N3O6S. The molecule has 5 rings (SSSR count). The van der Waals surface area contributed by atoms with Crippen LogP contribution in [0.2, 0.25) is 0 Å². The third-order valence-electron chi connectivity index (χ3n) is 6.55. The smallest absolute Gasteiger partial charge is 0.265 e. The fourth-order valence-corrected chi connectivity index (χ4v) is 6.06. The first-order valence-corrected chi connectivity index (χ1v) is 13.9. The average molecular weight is 536 g/mol. The molecule has 9 nitrogen and oxygen atoms in total. The minimum absolute atomic E-state index is 0.109. The van der Waals surface area contributed by atoms with Crippen LogP contribution in [0.3, 0.4) is 0 Å². The van der Waals surface area contributed by atoms with Gasteiger partial charge in [-0.3, -0.25) is 9.59 Å². The molecule has 3 aromatic carbocycles. The number of nitrogens with one attached hydrogen (secondary N) is 1. The summed E-state index contributed by atoms with van der Waals surface area (Å²) in [6.07, 6.45) is 1.72. The average Bonchev–Trinajstić information content (AvgIpc) is 3.46. The molecule has 0 spiro atoms. The van der Waals surface area contributed by atoms with Crippen LogP contribution in [-0.4, -0.2) is 57.4 Å². The zero-order valence-electron chi connectivity index (χ0n) is 21.1. The number of amides is 2. The van der Waals surface area contributed by atoms with Crippen molar-refractivity contribution in [2.75, 3.05) is 43.1 Å². The second-order valence-electron chi connectivity index (χ2n) is 9.27. The molecule has 198 valence electrons. The van der Waals surface area contributed by atoms with Gasteiger partial charge in [0.05, 0.1) is 17.1 Å². The quantitative estimate of drug-likeness (QED) is 0.470. The second kappa shape index (κ2) is 10.8. The van der Waals surface area contributed by atoms with Crippen LogP contribution in [0.4, 0.5) is 11.4 Å². The van der Waals surface area contributed by atoms with Crippen molar-refractivity contribution in [3.05, 3.63) is 77.9 Å². The molecule has 0 saturated carbocycles. The third-order valence-corrected chi connectivity index (χ3v) is 8.47.